The van der Waals surface area contributed by atoms with E-state index in [-0.39, 0.29) is 11.5 Å². The Balaban J connectivity index is 2.29. The van der Waals surface area contributed by atoms with Gasteiger partial charge >= 0.3 is 0 Å². The van der Waals surface area contributed by atoms with Crippen molar-refractivity contribution >= 4 is 10.0 Å². The number of rotatable bonds is 6. The number of nitriles is 1. The molecule has 0 spiro atoms. The molecule has 1 aromatic rings. The molecule has 0 aromatic carbocycles. The van der Waals surface area contributed by atoms with Crippen molar-refractivity contribution in [2.75, 3.05) is 19.3 Å². The molecule has 88 valence electrons. The number of hydrogen-bond donors (Lipinski definition) is 2. The molecule has 0 unspecified atom stereocenters. The summed E-state index contributed by atoms with van der Waals surface area (Å²) < 4.78 is 29.4. The van der Waals surface area contributed by atoms with Gasteiger partial charge in [0.1, 0.15) is 11.8 Å². The quantitative estimate of drug-likeness (QED) is 0.674. The van der Waals surface area contributed by atoms with Crippen LogP contribution in [0.5, 0.6) is 0 Å². The number of sulfonamides is 1. The maximum Gasteiger partial charge on any atom is 0.212 e. The first-order valence-electron chi connectivity index (χ1n) is 4.68. The van der Waals surface area contributed by atoms with E-state index in [2.05, 4.69) is 10.0 Å². The van der Waals surface area contributed by atoms with Crippen molar-refractivity contribution in [2.24, 2.45) is 0 Å². The Morgan fingerprint density at radius 1 is 1.50 bits per heavy atom. The van der Waals surface area contributed by atoms with Gasteiger partial charge in [0.05, 0.1) is 12.3 Å². The van der Waals surface area contributed by atoms with Crippen LogP contribution in [0.2, 0.25) is 0 Å². The molecule has 0 saturated heterocycles. The Labute approximate surface area is 94.3 Å². The van der Waals surface area contributed by atoms with Gasteiger partial charge in [0.15, 0.2) is 0 Å². The van der Waals surface area contributed by atoms with Crippen LogP contribution in [-0.4, -0.2) is 27.8 Å². The first-order valence-corrected chi connectivity index (χ1v) is 6.33. The summed E-state index contributed by atoms with van der Waals surface area (Å²) in [5.74, 6) is 0.869. The molecular weight excluding hydrogens is 230 g/mol. The van der Waals surface area contributed by atoms with E-state index in [4.69, 9.17) is 9.68 Å². The predicted octanol–water partition coefficient (Wildman–Crippen LogP) is -0.210. The Hall–Kier alpha value is -1.36. The predicted molar refractivity (Wildman–Crippen MR) is 58.0 cm³/mol. The fraction of sp³-hybridized carbons (Fsp3) is 0.444. The molecule has 1 heterocycles. The molecule has 0 saturated carbocycles. The molecule has 0 atom stereocenters. The summed E-state index contributed by atoms with van der Waals surface area (Å²) in [6, 6.07) is 5.12. The Kier molecular flexibility index (Phi) is 4.49. The number of hydrogen-bond acceptors (Lipinski definition) is 5. The van der Waals surface area contributed by atoms with Crippen LogP contribution in [0.1, 0.15) is 11.5 Å². The number of nitrogens with one attached hydrogen (secondary N) is 2. The third kappa shape index (κ3) is 4.02. The minimum atomic E-state index is -3.17. The van der Waals surface area contributed by atoms with Crippen LogP contribution in [-0.2, 0) is 16.6 Å². The highest BCUT2D eigenvalue weighted by molar-refractivity contribution is 7.89. The highest BCUT2D eigenvalue weighted by Gasteiger charge is 2.06. The molecule has 2 N–H and O–H groups in total. The highest BCUT2D eigenvalue weighted by Crippen LogP contribution is 2.05. The minimum absolute atomic E-state index is 0.00924. The summed E-state index contributed by atoms with van der Waals surface area (Å²) in [6.07, 6.45) is 0. The first kappa shape index (κ1) is 12.7. The van der Waals surface area contributed by atoms with Crippen LogP contribution < -0.4 is 10.0 Å². The van der Waals surface area contributed by atoms with Crippen molar-refractivity contribution in [3.63, 3.8) is 0 Å². The molecule has 0 aliphatic rings. The van der Waals surface area contributed by atoms with Crippen molar-refractivity contribution in [3.05, 3.63) is 23.7 Å². The van der Waals surface area contributed by atoms with Gasteiger partial charge in [-0.25, -0.2) is 13.1 Å². The van der Waals surface area contributed by atoms with E-state index in [9.17, 15) is 8.42 Å². The van der Waals surface area contributed by atoms with Gasteiger partial charge < -0.3 is 9.73 Å². The fourth-order valence-corrected chi connectivity index (χ4v) is 1.67. The van der Waals surface area contributed by atoms with E-state index < -0.39 is 10.0 Å². The van der Waals surface area contributed by atoms with Crippen LogP contribution in [0.3, 0.4) is 0 Å². The molecule has 1 aromatic heterocycles. The van der Waals surface area contributed by atoms with Crippen molar-refractivity contribution in [2.45, 2.75) is 6.54 Å². The molecule has 16 heavy (non-hydrogen) atoms. The first-order chi connectivity index (χ1) is 7.57. The van der Waals surface area contributed by atoms with Crippen molar-refractivity contribution in [1.29, 1.82) is 5.26 Å². The zero-order valence-corrected chi connectivity index (χ0v) is 9.67. The van der Waals surface area contributed by atoms with E-state index in [0.29, 0.717) is 18.8 Å². The van der Waals surface area contributed by atoms with Crippen LogP contribution in [0.25, 0.3) is 0 Å². The molecule has 0 radical (unpaired) electrons. The van der Waals surface area contributed by atoms with Gasteiger partial charge in [0, 0.05) is 6.54 Å². The van der Waals surface area contributed by atoms with Gasteiger partial charge in [-0.1, -0.05) is 0 Å². The molecule has 0 aliphatic carbocycles. The zero-order chi connectivity index (χ0) is 12.0. The largest absolute Gasteiger partial charge is 0.449 e. The summed E-state index contributed by atoms with van der Waals surface area (Å²) in [5.41, 5.74) is 0. The maximum absolute atomic E-state index is 11.0. The normalized spacial score (nSPS) is 11.2. The smallest absolute Gasteiger partial charge is 0.212 e. The average Bonchev–Trinajstić information content (AvgIpc) is 2.72. The molecular formula is C9H13N3O3S. The van der Waals surface area contributed by atoms with Gasteiger partial charge in [-0.15, -0.1) is 0 Å². The van der Waals surface area contributed by atoms with E-state index >= 15 is 0 Å². The lowest BCUT2D eigenvalue weighted by molar-refractivity contribution is 0.477. The third-order valence-electron chi connectivity index (χ3n) is 1.93. The maximum atomic E-state index is 11.0. The van der Waals surface area contributed by atoms with Gasteiger partial charge in [-0.2, -0.15) is 5.26 Å². The molecule has 1 rings (SSSR count). The number of nitrogens with zero attached hydrogens (tertiary/aromatic N) is 1. The topological polar surface area (TPSA) is 95.1 Å². The average molecular weight is 243 g/mol. The molecule has 0 fully saturated rings. The lowest BCUT2D eigenvalue weighted by atomic mass is 10.4. The van der Waals surface area contributed by atoms with Gasteiger partial charge in [0.2, 0.25) is 15.8 Å². The molecule has 0 amide bonds. The summed E-state index contributed by atoms with van der Waals surface area (Å²) in [6.45, 7) is 0.729. The van der Waals surface area contributed by atoms with Crippen LogP contribution in [0.15, 0.2) is 16.5 Å². The Morgan fingerprint density at radius 3 is 2.81 bits per heavy atom. The van der Waals surface area contributed by atoms with E-state index in [1.165, 1.54) is 7.05 Å². The third-order valence-corrected chi connectivity index (χ3v) is 3.29. The van der Waals surface area contributed by atoms with Crippen molar-refractivity contribution < 1.29 is 12.8 Å². The molecule has 0 bridgehead atoms. The number of furan rings is 1. The van der Waals surface area contributed by atoms with Crippen LogP contribution in [0, 0.1) is 11.3 Å². The SMILES string of the molecule is CNS(=O)(=O)CCNCc1ccc(C#N)o1. The molecule has 6 nitrogen and oxygen atoms in total. The summed E-state index contributed by atoms with van der Waals surface area (Å²) in [5, 5.41) is 11.4. The van der Waals surface area contributed by atoms with Crippen LogP contribution in [0.4, 0.5) is 0 Å². The minimum Gasteiger partial charge on any atom is -0.449 e. The van der Waals surface area contributed by atoms with Gasteiger partial charge in [-0.05, 0) is 19.2 Å². The standard InChI is InChI=1S/C9H13N3O3S/c1-11-16(13,14)5-4-12-7-9-3-2-8(6-10)15-9/h2-3,11-12H,4-5,7H2,1H3. The summed E-state index contributed by atoms with van der Waals surface area (Å²) in [7, 11) is -1.79. The molecule has 0 aliphatic heterocycles. The van der Waals surface area contributed by atoms with Gasteiger partial charge in [0.25, 0.3) is 0 Å². The van der Waals surface area contributed by atoms with Gasteiger partial charge in [-0.3, -0.25) is 0 Å². The van der Waals surface area contributed by atoms with E-state index in [0.717, 1.165) is 0 Å². The van der Waals surface area contributed by atoms with Crippen LogP contribution >= 0.6 is 0 Å². The Morgan fingerprint density at radius 2 is 2.25 bits per heavy atom. The summed E-state index contributed by atoms with van der Waals surface area (Å²) in [4.78, 5) is 0. The second-order valence-corrected chi connectivity index (χ2v) is 5.12. The lowest BCUT2D eigenvalue weighted by Crippen LogP contribution is -2.29. The molecule has 7 heteroatoms. The van der Waals surface area contributed by atoms with Crippen molar-refractivity contribution in [1.82, 2.24) is 10.0 Å². The lowest BCUT2D eigenvalue weighted by Gasteiger charge is -2.03. The second kappa shape index (κ2) is 5.65. The Bertz CT molecular complexity index is 472. The van der Waals surface area contributed by atoms with Crippen molar-refractivity contribution in [3.8, 4) is 6.07 Å². The fourth-order valence-electron chi connectivity index (χ4n) is 1.05. The highest BCUT2D eigenvalue weighted by atomic mass is 32.2. The summed E-state index contributed by atoms with van der Waals surface area (Å²) >= 11 is 0. The van der Waals surface area contributed by atoms with E-state index in [1.54, 1.807) is 12.1 Å². The second-order valence-electron chi connectivity index (χ2n) is 3.08. The van der Waals surface area contributed by atoms with E-state index in [1.807, 2.05) is 6.07 Å². The zero-order valence-electron chi connectivity index (χ0n) is 8.86. The monoisotopic (exact) mass is 243 g/mol.